The van der Waals surface area contributed by atoms with Crippen LogP contribution in [0, 0.1) is 0 Å². The number of halogens is 3. The molecule has 2 saturated heterocycles. The standard InChI is InChI=1S/C8H15O2S.CHF3O3S/c1-5-2-3-7-8(10)6(9)4-11(5)7;2-1(3,4)8(5,6)7/h5-10H,2-4H2,1H3;(H,5,6,7)/q+1;/p-1/t5?,6-,7-,8+,11?;/m1./s1. The van der Waals surface area contributed by atoms with Crippen LogP contribution in [0.15, 0.2) is 0 Å². The van der Waals surface area contributed by atoms with Gasteiger partial charge in [0.1, 0.15) is 28.5 Å². The summed E-state index contributed by atoms with van der Waals surface area (Å²) in [7, 11) is -5.76. The van der Waals surface area contributed by atoms with E-state index < -0.39 is 27.8 Å². The monoisotopic (exact) mass is 324 g/mol. The molecule has 2 fully saturated rings. The largest absolute Gasteiger partial charge is 0.741 e. The molecule has 0 aromatic heterocycles. The van der Waals surface area contributed by atoms with Crippen molar-refractivity contribution in [2.24, 2.45) is 0 Å². The van der Waals surface area contributed by atoms with Gasteiger partial charge in [0.05, 0.1) is 0 Å². The summed E-state index contributed by atoms with van der Waals surface area (Å²) in [6.45, 7) is 2.24. The highest BCUT2D eigenvalue weighted by atomic mass is 32.2. The van der Waals surface area contributed by atoms with E-state index in [1.165, 1.54) is 6.42 Å². The number of hydrogen-bond acceptors (Lipinski definition) is 5. The molecule has 2 N–H and O–H groups in total. The summed E-state index contributed by atoms with van der Waals surface area (Å²) in [5.74, 6) is 0.854. The van der Waals surface area contributed by atoms with Crippen molar-refractivity contribution in [1.29, 1.82) is 0 Å². The van der Waals surface area contributed by atoms with Gasteiger partial charge in [-0.15, -0.1) is 0 Å². The van der Waals surface area contributed by atoms with Crippen LogP contribution >= 0.6 is 0 Å². The summed E-state index contributed by atoms with van der Waals surface area (Å²) < 4.78 is 58.9. The Hall–Kier alpha value is -0.0300. The van der Waals surface area contributed by atoms with Gasteiger partial charge in [-0.3, -0.25) is 0 Å². The predicted molar refractivity (Wildman–Crippen MR) is 62.5 cm³/mol. The molecule has 0 amide bonds. The Morgan fingerprint density at radius 2 is 1.74 bits per heavy atom. The highest BCUT2D eigenvalue weighted by molar-refractivity contribution is 7.98. The highest BCUT2D eigenvalue weighted by Crippen LogP contribution is 2.37. The van der Waals surface area contributed by atoms with Crippen molar-refractivity contribution in [3.05, 3.63) is 0 Å². The van der Waals surface area contributed by atoms with E-state index in [4.69, 9.17) is 13.0 Å². The van der Waals surface area contributed by atoms with Crippen molar-refractivity contribution < 1.29 is 36.4 Å². The van der Waals surface area contributed by atoms with Crippen molar-refractivity contribution in [1.82, 2.24) is 0 Å². The van der Waals surface area contributed by atoms with E-state index in [1.54, 1.807) is 0 Å². The first kappa shape index (κ1) is 17.0. The Morgan fingerprint density at radius 1 is 1.26 bits per heavy atom. The van der Waals surface area contributed by atoms with E-state index in [1.807, 2.05) is 0 Å². The summed E-state index contributed by atoms with van der Waals surface area (Å²) in [5.41, 5.74) is -5.65. The van der Waals surface area contributed by atoms with Gasteiger partial charge in [0.15, 0.2) is 10.1 Å². The van der Waals surface area contributed by atoms with Gasteiger partial charge in [-0.1, -0.05) is 0 Å². The van der Waals surface area contributed by atoms with Crippen molar-refractivity contribution in [2.45, 2.75) is 48.0 Å². The van der Waals surface area contributed by atoms with E-state index in [9.17, 15) is 23.4 Å². The highest BCUT2D eigenvalue weighted by Gasteiger charge is 2.55. The molecule has 2 unspecified atom stereocenters. The van der Waals surface area contributed by atoms with Gasteiger partial charge in [0.25, 0.3) is 0 Å². The first-order chi connectivity index (χ1) is 8.45. The molecule has 19 heavy (non-hydrogen) atoms. The van der Waals surface area contributed by atoms with Crippen LogP contribution in [0.5, 0.6) is 0 Å². The summed E-state index contributed by atoms with van der Waals surface area (Å²) in [5, 5.41) is 20.1. The maximum atomic E-state index is 10.7. The lowest BCUT2D eigenvalue weighted by molar-refractivity contribution is -0.0517. The fraction of sp³-hybridized carbons (Fsp3) is 1.00. The maximum Gasteiger partial charge on any atom is 0.485 e. The third kappa shape index (κ3) is 3.97. The van der Waals surface area contributed by atoms with Crippen molar-refractivity contribution >= 4 is 21.0 Å². The molecule has 2 heterocycles. The number of aliphatic hydroxyl groups excluding tert-OH is 2. The fourth-order valence-electron chi connectivity index (χ4n) is 2.18. The molecule has 2 rings (SSSR count). The molecule has 0 aromatic carbocycles. The maximum absolute atomic E-state index is 10.7. The molecule has 0 radical (unpaired) electrons. The number of rotatable bonds is 0. The number of aliphatic hydroxyl groups is 2. The minimum Gasteiger partial charge on any atom is -0.741 e. The van der Waals surface area contributed by atoms with Gasteiger partial charge >= 0.3 is 5.51 Å². The molecule has 2 aliphatic heterocycles. The first-order valence-corrected chi connectivity index (χ1v) is 8.44. The zero-order valence-electron chi connectivity index (χ0n) is 10.0. The summed E-state index contributed by atoms with van der Waals surface area (Å²) >= 11 is 0. The van der Waals surface area contributed by atoms with E-state index in [0.717, 1.165) is 17.4 Å². The van der Waals surface area contributed by atoms with Gasteiger partial charge < -0.3 is 14.8 Å². The van der Waals surface area contributed by atoms with Crippen LogP contribution in [-0.2, 0) is 21.0 Å². The summed E-state index contributed by atoms with van der Waals surface area (Å²) in [4.78, 5) is 0. The molecule has 0 aromatic rings. The van der Waals surface area contributed by atoms with Crippen LogP contribution in [0.25, 0.3) is 0 Å². The molecular weight excluding hydrogens is 309 g/mol. The number of alkyl halides is 3. The van der Waals surface area contributed by atoms with E-state index in [2.05, 4.69) is 6.92 Å². The Balaban J connectivity index is 0.000000203. The molecule has 0 spiro atoms. The van der Waals surface area contributed by atoms with Crippen molar-refractivity contribution in [2.75, 3.05) is 5.75 Å². The topological polar surface area (TPSA) is 97.7 Å². The van der Waals surface area contributed by atoms with Crippen LogP contribution < -0.4 is 0 Å². The van der Waals surface area contributed by atoms with Crippen LogP contribution in [0.1, 0.15) is 19.8 Å². The van der Waals surface area contributed by atoms with Crippen LogP contribution in [0.4, 0.5) is 13.2 Å². The summed E-state index contributed by atoms with van der Waals surface area (Å²) in [6.07, 6.45) is 1.54. The third-order valence-corrected chi connectivity index (χ3v) is 7.04. The van der Waals surface area contributed by atoms with Gasteiger partial charge in [-0.25, -0.2) is 8.42 Å². The average molecular weight is 324 g/mol. The lowest BCUT2D eigenvalue weighted by atomic mass is 10.1. The van der Waals surface area contributed by atoms with Crippen LogP contribution in [0.2, 0.25) is 0 Å². The zero-order chi connectivity index (χ0) is 15.0. The molecule has 0 bridgehead atoms. The molecule has 10 heteroatoms. The second-order valence-electron chi connectivity index (χ2n) is 4.52. The molecule has 5 atom stereocenters. The van der Waals surface area contributed by atoms with Crippen molar-refractivity contribution in [3.8, 4) is 0 Å². The smallest absolute Gasteiger partial charge is 0.485 e. The minimum atomic E-state index is -6.09. The molecule has 114 valence electrons. The number of fused-ring (bicyclic) bond motifs is 1. The molecule has 5 nitrogen and oxygen atoms in total. The Bertz CT molecular complexity index is 411. The molecule has 0 aliphatic carbocycles. The fourth-order valence-corrected chi connectivity index (χ4v) is 5.36. The average Bonchev–Trinajstić information content (AvgIpc) is 2.70. The Morgan fingerprint density at radius 3 is 2.11 bits per heavy atom. The van der Waals surface area contributed by atoms with Crippen LogP contribution in [0.3, 0.4) is 0 Å². The van der Waals surface area contributed by atoms with Gasteiger partial charge in [0.2, 0.25) is 0 Å². The SMILES string of the molecule is CC1CC[C@@H]2[C@@H](O)[C@H](O)C[S+]12.O=S(=O)([O-])C(F)(F)F. The van der Waals surface area contributed by atoms with Gasteiger partial charge in [-0.05, 0) is 24.2 Å². The minimum absolute atomic E-state index is 0.327. The Labute approximate surface area is 111 Å². The molecular formula is C9H15F3O5S2. The quantitative estimate of drug-likeness (QED) is 0.370. The summed E-state index contributed by atoms with van der Waals surface area (Å²) in [6, 6.07) is 0. The van der Waals surface area contributed by atoms with E-state index >= 15 is 0 Å². The second-order valence-corrected chi connectivity index (χ2v) is 8.57. The second kappa shape index (κ2) is 5.76. The van der Waals surface area contributed by atoms with E-state index in [-0.39, 0.29) is 0 Å². The Kier molecular flexibility index (Phi) is 5.16. The molecule has 2 aliphatic rings. The van der Waals surface area contributed by atoms with Crippen molar-refractivity contribution in [3.63, 3.8) is 0 Å². The van der Waals surface area contributed by atoms with Gasteiger partial charge in [0, 0.05) is 6.42 Å². The van der Waals surface area contributed by atoms with Crippen LogP contribution in [-0.4, -0.2) is 57.2 Å². The lowest BCUT2D eigenvalue weighted by Crippen LogP contribution is -2.29. The third-order valence-electron chi connectivity index (χ3n) is 3.19. The predicted octanol–water partition coefficient (Wildman–Crippen LogP) is -0.0576. The first-order valence-electron chi connectivity index (χ1n) is 5.52. The normalized spacial score (nSPS) is 38.6. The van der Waals surface area contributed by atoms with E-state index in [0.29, 0.717) is 16.1 Å². The molecule has 0 saturated carbocycles. The zero-order valence-corrected chi connectivity index (χ0v) is 11.6. The van der Waals surface area contributed by atoms with Gasteiger partial charge in [-0.2, -0.15) is 13.2 Å². The number of hydrogen-bond donors (Lipinski definition) is 2. The lowest BCUT2D eigenvalue weighted by Gasteiger charge is -2.08.